The molecule has 0 aromatic carbocycles. The first-order valence-corrected chi connectivity index (χ1v) is 6.95. The Labute approximate surface area is 115 Å². The Morgan fingerprint density at radius 3 is 2.74 bits per heavy atom. The predicted octanol–water partition coefficient (Wildman–Crippen LogP) is 1.68. The summed E-state index contributed by atoms with van der Waals surface area (Å²) in [6.45, 7) is 3.98. The second-order valence-electron chi connectivity index (χ2n) is 4.94. The molecular weight excluding hydrogens is 266 g/mol. The molecule has 1 atom stereocenters. The largest absolute Gasteiger partial charge is 0.481 e. The van der Waals surface area contributed by atoms with Crippen LogP contribution in [0.1, 0.15) is 35.7 Å². The van der Waals surface area contributed by atoms with Gasteiger partial charge in [0.15, 0.2) is 0 Å². The summed E-state index contributed by atoms with van der Waals surface area (Å²) in [6, 6.07) is -0.536. The molecule has 1 aliphatic carbocycles. The summed E-state index contributed by atoms with van der Waals surface area (Å²) in [5, 5.41) is 15.2. The van der Waals surface area contributed by atoms with Gasteiger partial charge in [0.1, 0.15) is 5.01 Å². The van der Waals surface area contributed by atoms with Gasteiger partial charge >= 0.3 is 12.0 Å². The van der Waals surface area contributed by atoms with Crippen LogP contribution < -0.4 is 10.6 Å². The number of nitrogens with zero attached hydrogens (tertiary/aromatic N) is 1. The number of rotatable bonds is 5. The molecule has 3 N–H and O–H groups in total. The molecule has 1 unspecified atom stereocenters. The molecule has 104 valence electrons. The number of nitrogens with one attached hydrogen (secondary N) is 2. The van der Waals surface area contributed by atoms with Crippen LogP contribution in [0.4, 0.5) is 4.79 Å². The van der Waals surface area contributed by atoms with E-state index in [-0.39, 0.29) is 18.6 Å². The first-order valence-electron chi connectivity index (χ1n) is 6.13. The van der Waals surface area contributed by atoms with Gasteiger partial charge in [0.2, 0.25) is 0 Å². The molecule has 19 heavy (non-hydrogen) atoms. The van der Waals surface area contributed by atoms with Gasteiger partial charge in [0.25, 0.3) is 0 Å². The Balaban J connectivity index is 1.80. The minimum absolute atomic E-state index is 0.178. The van der Waals surface area contributed by atoms with E-state index in [1.807, 2.05) is 13.8 Å². The van der Waals surface area contributed by atoms with Crippen LogP contribution in [-0.2, 0) is 4.79 Å². The third-order valence-electron chi connectivity index (χ3n) is 3.25. The number of carbonyl (C=O) groups excluding carboxylic acids is 1. The van der Waals surface area contributed by atoms with E-state index in [4.69, 9.17) is 5.11 Å². The molecule has 7 heteroatoms. The number of aryl methyl sites for hydroxylation is 1. The van der Waals surface area contributed by atoms with Crippen LogP contribution in [0.15, 0.2) is 6.20 Å². The molecular formula is C12H17N3O3S. The average molecular weight is 283 g/mol. The molecule has 1 fully saturated rings. The first-order chi connectivity index (χ1) is 8.93. The van der Waals surface area contributed by atoms with Crippen LogP contribution in [0.3, 0.4) is 0 Å². The number of aliphatic carboxylic acids is 1. The summed E-state index contributed by atoms with van der Waals surface area (Å²) in [7, 11) is 0. The highest BCUT2D eigenvalue weighted by Crippen LogP contribution is 2.45. The zero-order valence-electron chi connectivity index (χ0n) is 10.9. The van der Waals surface area contributed by atoms with Crippen LogP contribution in [0.5, 0.6) is 0 Å². The van der Waals surface area contributed by atoms with Crippen molar-refractivity contribution in [1.29, 1.82) is 0 Å². The number of hydrogen-bond donors (Lipinski definition) is 3. The molecule has 2 rings (SSSR count). The lowest BCUT2D eigenvalue weighted by Gasteiger charge is -2.14. The fraction of sp³-hybridized carbons (Fsp3) is 0.583. The van der Waals surface area contributed by atoms with Crippen molar-refractivity contribution in [3.63, 3.8) is 0 Å². The minimum atomic E-state index is -0.837. The number of carbonyl (C=O) groups is 2. The number of thiazole rings is 1. The van der Waals surface area contributed by atoms with Crippen LogP contribution in [0.25, 0.3) is 0 Å². The second-order valence-corrected chi connectivity index (χ2v) is 6.21. The maximum atomic E-state index is 11.7. The monoisotopic (exact) mass is 283 g/mol. The summed E-state index contributed by atoms with van der Waals surface area (Å²) >= 11 is 1.53. The van der Waals surface area contributed by atoms with Gasteiger partial charge < -0.3 is 15.7 Å². The van der Waals surface area contributed by atoms with Crippen LogP contribution >= 0.6 is 11.3 Å². The van der Waals surface area contributed by atoms with Gasteiger partial charge in [0, 0.05) is 17.6 Å². The predicted molar refractivity (Wildman–Crippen MR) is 71.1 cm³/mol. The lowest BCUT2D eigenvalue weighted by Crippen LogP contribution is -2.41. The molecule has 0 spiro atoms. The highest BCUT2D eigenvalue weighted by molar-refractivity contribution is 7.11. The molecule has 1 aromatic heterocycles. The van der Waals surface area contributed by atoms with Gasteiger partial charge in [0.05, 0.1) is 11.5 Å². The van der Waals surface area contributed by atoms with Crippen molar-refractivity contribution in [1.82, 2.24) is 15.6 Å². The molecule has 1 aromatic rings. The topological polar surface area (TPSA) is 91.3 Å². The van der Waals surface area contributed by atoms with Crippen molar-refractivity contribution in [2.24, 2.45) is 5.41 Å². The average Bonchev–Trinajstić information content (AvgIpc) is 3.02. The van der Waals surface area contributed by atoms with Gasteiger partial charge in [-0.15, -0.1) is 11.3 Å². The maximum absolute atomic E-state index is 11.7. The zero-order chi connectivity index (χ0) is 14.0. The van der Waals surface area contributed by atoms with Crippen molar-refractivity contribution in [3.05, 3.63) is 16.1 Å². The maximum Gasteiger partial charge on any atom is 0.315 e. The van der Waals surface area contributed by atoms with E-state index in [1.54, 1.807) is 6.20 Å². The fourth-order valence-corrected chi connectivity index (χ4v) is 2.52. The normalized spacial score (nSPS) is 17.6. The number of carboxylic acid groups (broad SMARTS) is 1. The standard InChI is InChI=1S/C12H17N3O3S/c1-7-5-13-9(19-7)8(2)15-11(18)14-6-12(3-4-12)10(16)17/h5,8H,3-4,6H2,1-2H3,(H,16,17)(H2,14,15,18). The second kappa shape index (κ2) is 5.16. The van der Waals surface area contributed by atoms with E-state index >= 15 is 0 Å². The van der Waals surface area contributed by atoms with Gasteiger partial charge in [-0.2, -0.15) is 0 Å². The Hall–Kier alpha value is -1.63. The van der Waals surface area contributed by atoms with E-state index in [0.717, 1.165) is 9.88 Å². The number of urea groups is 1. The van der Waals surface area contributed by atoms with Crippen molar-refractivity contribution in [2.45, 2.75) is 32.7 Å². The summed E-state index contributed by atoms with van der Waals surface area (Å²) in [5.74, 6) is -0.837. The van der Waals surface area contributed by atoms with Crippen molar-refractivity contribution < 1.29 is 14.7 Å². The van der Waals surface area contributed by atoms with Crippen molar-refractivity contribution in [2.75, 3.05) is 6.54 Å². The van der Waals surface area contributed by atoms with E-state index in [2.05, 4.69) is 15.6 Å². The highest BCUT2D eigenvalue weighted by Gasteiger charge is 2.50. The number of carboxylic acids is 1. The van der Waals surface area contributed by atoms with Crippen molar-refractivity contribution >= 4 is 23.3 Å². The number of hydrogen-bond acceptors (Lipinski definition) is 4. The molecule has 2 amide bonds. The lowest BCUT2D eigenvalue weighted by atomic mass is 10.1. The van der Waals surface area contributed by atoms with Crippen LogP contribution in [0, 0.1) is 12.3 Å². The Kier molecular flexibility index (Phi) is 3.75. The summed E-state index contributed by atoms with van der Waals surface area (Å²) in [5.41, 5.74) is -0.738. The summed E-state index contributed by atoms with van der Waals surface area (Å²) in [6.07, 6.45) is 3.02. The van der Waals surface area contributed by atoms with Gasteiger partial charge in [-0.25, -0.2) is 9.78 Å². The SMILES string of the molecule is Cc1cnc(C(C)NC(=O)NCC2(C(=O)O)CC2)s1. The van der Waals surface area contributed by atoms with Gasteiger partial charge in [-0.3, -0.25) is 4.79 Å². The third kappa shape index (κ3) is 3.23. The molecule has 1 aliphatic rings. The summed E-state index contributed by atoms with van der Waals surface area (Å²) in [4.78, 5) is 27.9. The van der Waals surface area contributed by atoms with E-state index < -0.39 is 11.4 Å². The van der Waals surface area contributed by atoms with Gasteiger partial charge in [-0.1, -0.05) is 0 Å². The molecule has 6 nitrogen and oxygen atoms in total. The first kappa shape index (κ1) is 13.8. The Morgan fingerprint density at radius 1 is 1.58 bits per heavy atom. The lowest BCUT2D eigenvalue weighted by molar-refractivity contribution is -0.143. The molecule has 0 radical (unpaired) electrons. The molecule has 0 saturated heterocycles. The Bertz CT molecular complexity index is 496. The zero-order valence-corrected chi connectivity index (χ0v) is 11.7. The molecule has 1 heterocycles. The number of aromatic nitrogens is 1. The molecule has 0 bridgehead atoms. The number of amides is 2. The molecule has 0 aliphatic heterocycles. The summed E-state index contributed by atoms with van der Waals surface area (Å²) < 4.78 is 0. The van der Waals surface area contributed by atoms with Gasteiger partial charge in [-0.05, 0) is 26.7 Å². The molecule has 1 saturated carbocycles. The third-order valence-corrected chi connectivity index (χ3v) is 4.35. The van der Waals surface area contributed by atoms with Crippen LogP contribution in [0.2, 0.25) is 0 Å². The van der Waals surface area contributed by atoms with E-state index in [1.165, 1.54) is 11.3 Å². The Morgan fingerprint density at radius 2 is 2.26 bits per heavy atom. The van der Waals surface area contributed by atoms with E-state index in [0.29, 0.717) is 12.8 Å². The minimum Gasteiger partial charge on any atom is -0.481 e. The highest BCUT2D eigenvalue weighted by atomic mass is 32.1. The smallest absolute Gasteiger partial charge is 0.315 e. The van der Waals surface area contributed by atoms with Crippen LogP contribution in [-0.4, -0.2) is 28.6 Å². The van der Waals surface area contributed by atoms with Crippen molar-refractivity contribution in [3.8, 4) is 0 Å². The fourth-order valence-electron chi connectivity index (χ4n) is 1.75. The van der Waals surface area contributed by atoms with E-state index in [9.17, 15) is 9.59 Å². The quantitative estimate of drug-likeness (QED) is 0.766.